The lowest BCUT2D eigenvalue weighted by atomic mass is 9.95. The van der Waals surface area contributed by atoms with Crippen molar-refractivity contribution >= 4 is 17.0 Å². The minimum absolute atomic E-state index is 0.628. The fourth-order valence-corrected chi connectivity index (χ4v) is 2.61. The molecule has 0 aliphatic rings. The number of benzene rings is 1. The first kappa shape index (κ1) is 15.5. The summed E-state index contributed by atoms with van der Waals surface area (Å²) in [7, 11) is 0. The molecule has 1 unspecified atom stereocenters. The number of aromatic nitrogens is 2. The van der Waals surface area contributed by atoms with Crippen LogP contribution in [0, 0.1) is 0 Å². The van der Waals surface area contributed by atoms with E-state index in [1.54, 1.807) is 6.92 Å². The maximum Gasteiger partial charge on any atom is 0.323 e. The lowest BCUT2D eigenvalue weighted by molar-refractivity contribution is -0.144. The Morgan fingerprint density at radius 1 is 1.38 bits per heavy atom. The van der Waals surface area contributed by atoms with Crippen molar-refractivity contribution in [3.63, 3.8) is 0 Å². The lowest BCUT2D eigenvalue weighted by Crippen LogP contribution is -2.49. The highest BCUT2D eigenvalue weighted by Crippen LogP contribution is 2.17. The highest BCUT2D eigenvalue weighted by atomic mass is 16.4. The number of aliphatic carboxylic acids is 1. The van der Waals surface area contributed by atoms with Crippen molar-refractivity contribution in [2.45, 2.75) is 45.2 Å². The number of carbonyl (C=O) groups is 1. The summed E-state index contributed by atoms with van der Waals surface area (Å²) in [6.07, 6.45) is 4.28. The Hall–Kier alpha value is -1.88. The second-order valence-electron chi connectivity index (χ2n) is 5.55. The van der Waals surface area contributed by atoms with Gasteiger partial charge in [0.1, 0.15) is 5.54 Å². The zero-order valence-electron chi connectivity index (χ0n) is 12.7. The van der Waals surface area contributed by atoms with E-state index >= 15 is 0 Å². The van der Waals surface area contributed by atoms with Crippen LogP contribution in [0.2, 0.25) is 0 Å². The molecule has 0 aliphatic carbocycles. The van der Waals surface area contributed by atoms with Gasteiger partial charge in [-0.2, -0.15) is 0 Å². The molecule has 1 atom stereocenters. The molecule has 5 heteroatoms. The number of para-hydroxylation sites is 2. The van der Waals surface area contributed by atoms with Gasteiger partial charge in [0.15, 0.2) is 0 Å². The minimum Gasteiger partial charge on any atom is -0.480 e. The summed E-state index contributed by atoms with van der Waals surface area (Å²) in [6, 6.07) is 8.04. The molecule has 0 radical (unpaired) electrons. The molecular weight excluding hydrogens is 266 g/mol. The molecule has 0 spiro atoms. The molecule has 0 aliphatic heterocycles. The quantitative estimate of drug-likeness (QED) is 0.733. The molecule has 114 valence electrons. The van der Waals surface area contributed by atoms with Crippen molar-refractivity contribution in [2.24, 2.45) is 0 Å². The summed E-state index contributed by atoms with van der Waals surface area (Å²) in [5.41, 5.74) is 1.30. The van der Waals surface area contributed by atoms with Gasteiger partial charge in [-0.15, -0.1) is 0 Å². The molecule has 2 rings (SSSR count). The molecule has 2 aromatic rings. The Bertz CT molecular complexity index is 608. The van der Waals surface area contributed by atoms with Crippen LogP contribution in [0.4, 0.5) is 0 Å². The van der Waals surface area contributed by atoms with E-state index in [2.05, 4.69) is 20.9 Å². The normalized spacial score (nSPS) is 14.2. The molecule has 1 heterocycles. The van der Waals surface area contributed by atoms with Gasteiger partial charge >= 0.3 is 5.97 Å². The van der Waals surface area contributed by atoms with Gasteiger partial charge < -0.3 is 15.0 Å². The second kappa shape index (κ2) is 6.72. The SMILES string of the molecule is CCNC(C)(CCCCn1cnc2ccccc21)C(=O)O. The van der Waals surface area contributed by atoms with Crippen LogP contribution in [-0.2, 0) is 11.3 Å². The van der Waals surface area contributed by atoms with Gasteiger partial charge in [0.05, 0.1) is 17.4 Å². The number of fused-ring (bicyclic) bond motifs is 1. The molecule has 0 saturated heterocycles. The number of rotatable bonds is 8. The molecule has 0 amide bonds. The third-order valence-electron chi connectivity index (χ3n) is 3.89. The van der Waals surface area contributed by atoms with Crippen LogP contribution >= 0.6 is 0 Å². The number of hydrogen-bond acceptors (Lipinski definition) is 3. The van der Waals surface area contributed by atoms with Gasteiger partial charge in [-0.1, -0.05) is 19.1 Å². The number of nitrogens with one attached hydrogen (secondary N) is 1. The zero-order valence-corrected chi connectivity index (χ0v) is 12.7. The summed E-state index contributed by atoms with van der Waals surface area (Å²) in [5.74, 6) is -0.780. The topological polar surface area (TPSA) is 67.2 Å². The number of carboxylic acids is 1. The molecule has 0 bridgehead atoms. The number of likely N-dealkylation sites (N-methyl/N-ethyl adjacent to an activating group) is 1. The Morgan fingerprint density at radius 3 is 2.86 bits per heavy atom. The molecular formula is C16H23N3O2. The third-order valence-corrected chi connectivity index (χ3v) is 3.89. The van der Waals surface area contributed by atoms with Crippen LogP contribution in [0.1, 0.15) is 33.1 Å². The first-order valence-corrected chi connectivity index (χ1v) is 7.45. The number of hydrogen-bond donors (Lipinski definition) is 2. The molecule has 21 heavy (non-hydrogen) atoms. The summed E-state index contributed by atoms with van der Waals surface area (Å²) in [4.78, 5) is 15.7. The second-order valence-corrected chi connectivity index (χ2v) is 5.55. The smallest absolute Gasteiger partial charge is 0.323 e. The molecule has 0 saturated carbocycles. The largest absolute Gasteiger partial charge is 0.480 e. The fraction of sp³-hybridized carbons (Fsp3) is 0.500. The maximum absolute atomic E-state index is 11.3. The standard InChI is InChI=1S/C16H23N3O2/c1-3-18-16(2,15(20)21)10-6-7-11-19-12-17-13-8-4-5-9-14(13)19/h4-5,8-9,12,18H,3,6-7,10-11H2,1-2H3,(H,20,21). The summed E-state index contributed by atoms with van der Waals surface area (Å²) in [5, 5.41) is 12.4. The van der Waals surface area contributed by atoms with Crippen molar-refractivity contribution in [2.75, 3.05) is 6.54 Å². The number of aryl methyl sites for hydroxylation is 1. The lowest BCUT2D eigenvalue weighted by Gasteiger charge is -2.25. The fourth-order valence-electron chi connectivity index (χ4n) is 2.61. The van der Waals surface area contributed by atoms with Crippen LogP contribution in [0.15, 0.2) is 30.6 Å². The summed E-state index contributed by atoms with van der Waals surface area (Å²) >= 11 is 0. The van der Waals surface area contributed by atoms with E-state index in [0.717, 1.165) is 30.4 Å². The van der Waals surface area contributed by atoms with Crippen molar-refractivity contribution in [3.05, 3.63) is 30.6 Å². The van der Waals surface area contributed by atoms with Gasteiger partial charge in [0, 0.05) is 6.54 Å². The van der Waals surface area contributed by atoms with Crippen molar-refractivity contribution in [1.29, 1.82) is 0 Å². The van der Waals surface area contributed by atoms with E-state index in [1.165, 1.54) is 0 Å². The van der Waals surface area contributed by atoms with Crippen molar-refractivity contribution < 1.29 is 9.90 Å². The van der Waals surface area contributed by atoms with Gasteiger partial charge in [-0.3, -0.25) is 4.79 Å². The van der Waals surface area contributed by atoms with Crippen molar-refractivity contribution in [1.82, 2.24) is 14.9 Å². The van der Waals surface area contributed by atoms with E-state index in [0.29, 0.717) is 13.0 Å². The van der Waals surface area contributed by atoms with E-state index in [-0.39, 0.29) is 0 Å². The predicted octanol–water partition coefficient (Wildman–Crippen LogP) is 2.66. The number of nitrogens with zero attached hydrogens (tertiary/aromatic N) is 2. The highest BCUT2D eigenvalue weighted by molar-refractivity contribution is 5.78. The van der Waals surface area contributed by atoms with Crippen molar-refractivity contribution in [3.8, 4) is 0 Å². The predicted molar refractivity (Wildman–Crippen MR) is 83.3 cm³/mol. The molecule has 0 fully saturated rings. The first-order chi connectivity index (χ1) is 10.1. The van der Waals surface area contributed by atoms with E-state index in [4.69, 9.17) is 0 Å². The average Bonchev–Trinajstić information content (AvgIpc) is 2.87. The zero-order chi connectivity index (χ0) is 15.3. The Balaban J connectivity index is 1.88. The molecule has 5 nitrogen and oxygen atoms in total. The monoisotopic (exact) mass is 289 g/mol. The van der Waals surface area contributed by atoms with E-state index in [9.17, 15) is 9.90 Å². The average molecular weight is 289 g/mol. The Kier molecular flexibility index (Phi) is 4.96. The first-order valence-electron chi connectivity index (χ1n) is 7.45. The minimum atomic E-state index is -0.828. The van der Waals surface area contributed by atoms with Gasteiger partial charge in [-0.25, -0.2) is 4.98 Å². The van der Waals surface area contributed by atoms with Crippen LogP contribution < -0.4 is 5.32 Å². The number of carboxylic acid groups (broad SMARTS) is 1. The van der Waals surface area contributed by atoms with Crippen LogP contribution in [0.3, 0.4) is 0 Å². The maximum atomic E-state index is 11.3. The number of unbranched alkanes of at least 4 members (excludes halogenated alkanes) is 1. The van der Waals surface area contributed by atoms with E-state index in [1.807, 2.05) is 31.5 Å². The van der Waals surface area contributed by atoms with Crippen LogP contribution in [0.25, 0.3) is 11.0 Å². The van der Waals surface area contributed by atoms with Crippen LogP contribution in [-0.4, -0.2) is 32.7 Å². The summed E-state index contributed by atoms with van der Waals surface area (Å²) in [6.45, 7) is 5.21. The summed E-state index contributed by atoms with van der Waals surface area (Å²) < 4.78 is 2.13. The molecule has 2 N–H and O–H groups in total. The Morgan fingerprint density at radius 2 is 2.14 bits per heavy atom. The van der Waals surface area contributed by atoms with Gasteiger partial charge in [0.25, 0.3) is 0 Å². The number of imidazole rings is 1. The van der Waals surface area contributed by atoms with Gasteiger partial charge in [0.2, 0.25) is 0 Å². The molecule has 1 aromatic heterocycles. The highest BCUT2D eigenvalue weighted by Gasteiger charge is 2.30. The molecule has 1 aromatic carbocycles. The van der Waals surface area contributed by atoms with Gasteiger partial charge in [-0.05, 0) is 44.9 Å². The van der Waals surface area contributed by atoms with E-state index < -0.39 is 11.5 Å². The third kappa shape index (κ3) is 3.61. The Labute approximate surface area is 125 Å². The van der Waals surface area contributed by atoms with Crippen LogP contribution in [0.5, 0.6) is 0 Å².